The number of unbranched alkanes of at least 4 members (excludes halogenated alkanes) is 1. The van der Waals surface area contributed by atoms with Crippen LogP contribution in [0.4, 0.5) is 0 Å². The summed E-state index contributed by atoms with van der Waals surface area (Å²) >= 11 is 0. The van der Waals surface area contributed by atoms with Gasteiger partial charge in [-0.3, -0.25) is 4.79 Å². The van der Waals surface area contributed by atoms with Crippen LogP contribution < -0.4 is 5.32 Å². The molecule has 1 N–H and O–H groups in total. The van der Waals surface area contributed by atoms with Gasteiger partial charge in [-0.2, -0.15) is 0 Å². The standard InChI is InChI=1S/C14H27NO3/c1-3-5-6-12(4-2)11-18-14(16)9-13-10-15-7-8-17-13/h12-13,15H,3-11H2,1-2H3. The number of morpholine rings is 1. The van der Waals surface area contributed by atoms with Crippen LogP contribution in [0.25, 0.3) is 0 Å². The van der Waals surface area contributed by atoms with E-state index in [1.165, 1.54) is 12.8 Å². The first-order valence-corrected chi connectivity index (χ1v) is 7.24. The van der Waals surface area contributed by atoms with Gasteiger partial charge in [0.2, 0.25) is 0 Å². The quantitative estimate of drug-likeness (QED) is 0.677. The second-order valence-electron chi connectivity index (χ2n) is 5.00. The second-order valence-corrected chi connectivity index (χ2v) is 5.00. The summed E-state index contributed by atoms with van der Waals surface area (Å²) in [5, 5.41) is 3.21. The van der Waals surface area contributed by atoms with E-state index in [9.17, 15) is 4.79 Å². The number of ether oxygens (including phenoxy) is 2. The highest BCUT2D eigenvalue weighted by Gasteiger charge is 2.19. The summed E-state index contributed by atoms with van der Waals surface area (Å²) in [4.78, 5) is 11.7. The Kier molecular flexibility index (Phi) is 8.01. The third-order valence-corrected chi connectivity index (χ3v) is 3.42. The molecule has 1 aliphatic heterocycles. The van der Waals surface area contributed by atoms with Gasteiger partial charge in [0.1, 0.15) is 0 Å². The van der Waals surface area contributed by atoms with E-state index in [-0.39, 0.29) is 12.1 Å². The van der Waals surface area contributed by atoms with Gasteiger partial charge in [-0.15, -0.1) is 0 Å². The molecule has 1 heterocycles. The maximum absolute atomic E-state index is 11.7. The molecule has 1 rings (SSSR count). The van der Waals surface area contributed by atoms with Crippen molar-refractivity contribution in [2.75, 3.05) is 26.3 Å². The van der Waals surface area contributed by atoms with Crippen molar-refractivity contribution in [2.24, 2.45) is 5.92 Å². The van der Waals surface area contributed by atoms with E-state index in [2.05, 4.69) is 19.2 Å². The summed E-state index contributed by atoms with van der Waals surface area (Å²) in [5.74, 6) is 0.387. The molecular weight excluding hydrogens is 230 g/mol. The first kappa shape index (κ1) is 15.4. The van der Waals surface area contributed by atoms with E-state index in [1.807, 2.05) is 0 Å². The lowest BCUT2D eigenvalue weighted by Crippen LogP contribution is -2.39. The van der Waals surface area contributed by atoms with Crippen LogP contribution >= 0.6 is 0 Å². The van der Waals surface area contributed by atoms with Crippen LogP contribution in [0.15, 0.2) is 0 Å². The predicted octanol–water partition coefficient (Wildman–Crippen LogP) is 2.12. The molecule has 2 unspecified atom stereocenters. The summed E-state index contributed by atoms with van der Waals surface area (Å²) in [5.41, 5.74) is 0. The molecule has 1 aliphatic rings. The smallest absolute Gasteiger partial charge is 0.308 e. The monoisotopic (exact) mass is 257 g/mol. The maximum atomic E-state index is 11.7. The minimum atomic E-state index is -0.126. The lowest BCUT2D eigenvalue weighted by Gasteiger charge is -2.23. The Bertz CT molecular complexity index is 227. The fraction of sp³-hybridized carbons (Fsp3) is 0.929. The first-order valence-electron chi connectivity index (χ1n) is 7.24. The normalized spacial score (nSPS) is 21.6. The second kappa shape index (κ2) is 9.34. The van der Waals surface area contributed by atoms with Crippen molar-refractivity contribution in [2.45, 2.75) is 52.1 Å². The number of carbonyl (C=O) groups is 1. The van der Waals surface area contributed by atoms with Crippen molar-refractivity contribution in [1.29, 1.82) is 0 Å². The molecule has 0 radical (unpaired) electrons. The molecule has 4 nitrogen and oxygen atoms in total. The van der Waals surface area contributed by atoms with Gasteiger partial charge in [0, 0.05) is 13.1 Å². The van der Waals surface area contributed by atoms with E-state index >= 15 is 0 Å². The Morgan fingerprint density at radius 2 is 2.33 bits per heavy atom. The van der Waals surface area contributed by atoms with E-state index in [4.69, 9.17) is 9.47 Å². The molecule has 106 valence electrons. The highest BCUT2D eigenvalue weighted by molar-refractivity contribution is 5.70. The average molecular weight is 257 g/mol. The Labute approximate surface area is 110 Å². The molecule has 0 bridgehead atoms. The lowest BCUT2D eigenvalue weighted by atomic mass is 10.0. The molecule has 0 aliphatic carbocycles. The van der Waals surface area contributed by atoms with Crippen LogP contribution in [-0.2, 0) is 14.3 Å². The Morgan fingerprint density at radius 1 is 1.50 bits per heavy atom. The zero-order chi connectivity index (χ0) is 13.2. The molecule has 2 atom stereocenters. The predicted molar refractivity (Wildman–Crippen MR) is 71.5 cm³/mol. The lowest BCUT2D eigenvalue weighted by molar-refractivity contribution is -0.148. The summed E-state index contributed by atoms with van der Waals surface area (Å²) in [7, 11) is 0. The number of rotatable bonds is 8. The summed E-state index contributed by atoms with van der Waals surface area (Å²) < 4.78 is 10.8. The highest BCUT2D eigenvalue weighted by atomic mass is 16.5. The SMILES string of the molecule is CCCCC(CC)COC(=O)CC1CNCCO1. The highest BCUT2D eigenvalue weighted by Crippen LogP contribution is 2.13. The van der Waals surface area contributed by atoms with Gasteiger partial charge >= 0.3 is 5.97 Å². The van der Waals surface area contributed by atoms with E-state index in [0.29, 0.717) is 25.6 Å². The topological polar surface area (TPSA) is 47.6 Å². The van der Waals surface area contributed by atoms with Crippen LogP contribution in [0, 0.1) is 5.92 Å². The fourth-order valence-corrected chi connectivity index (χ4v) is 2.10. The molecule has 1 saturated heterocycles. The van der Waals surface area contributed by atoms with Gasteiger partial charge in [0.25, 0.3) is 0 Å². The minimum absolute atomic E-state index is 0.0121. The van der Waals surface area contributed by atoms with Gasteiger partial charge in [0.05, 0.1) is 25.7 Å². The van der Waals surface area contributed by atoms with Crippen molar-refractivity contribution in [1.82, 2.24) is 5.32 Å². The Hall–Kier alpha value is -0.610. The molecule has 0 amide bonds. The third kappa shape index (κ3) is 6.36. The summed E-state index contributed by atoms with van der Waals surface area (Å²) in [6.45, 7) is 7.22. The average Bonchev–Trinajstić information content (AvgIpc) is 2.40. The molecule has 0 aromatic carbocycles. The van der Waals surface area contributed by atoms with Crippen LogP contribution in [0.2, 0.25) is 0 Å². The molecule has 0 aromatic rings. The van der Waals surface area contributed by atoms with Crippen LogP contribution in [0.5, 0.6) is 0 Å². The molecule has 4 heteroatoms. The third-order valence-electron chi connectivity index (χ3n) is 3.42. The Morgan fingerprint density at radius 3 is 2.94 bits per heavy atom. The number of esters is 1. The van der Waals surface area contributed by atoms with E-state index < -0.39 is 0 Å². The zero-order valence-electron chi connectivity index (χ0n) is 11.7. The Balaban J connectivity index is 2.14. The van der Waals surface area contributed by atoms with E-state index in [1.54, 1.807) is 0 Å². The molecule has 0 saturated carbocycles. The molecule has 0 spiro atoms. The largest absolute Gasteiger partial charge is 0.465 e. The maximum Gasteiger partial charge on any atom is 0.308 e. The van der Waals surface area contributed by atoms with Crippen LogP contribution in [0.3, 0.4) is 0 Å². The zero-order valence-corrected chi connectivity index (χ0v) is 11.7. The van der Waals surface area contributed by atoms with E-state index in [0.717, 1.165) is 25.9 Å². The summed E-state index contributed by atoms with van der Waals surface area (Å²) in [6, 6.07) is 0. The van der Waals surface area contributed by atoms with Gasteiger partial charge < -0.3 is 14.8 Å². The van der Waals surface area contributed by atoms with Crippen molar-refractivity contribution in [3.63, 3.8) is 0 Å². The number of nitrogens with one attached hydrogen (secondary N) is 1. The van der Waals surface area contributed by atoms with Gasteiger partial charge in [-0.1, -0.05) is 33.1 Å². The number of hydrogen-bond donors (Lipinski definition) is 1. The van der Waals surface area contributed by atoms with Gasteiger partial charge in [-0.25, -0.2) is 0 Å². The molecular formula is C14H27NO3. The number of carbonyl (C=O) groups excluding carboxylic acids is 1. The van der Waals surface area contributed by atoms with Crippen molar-refractivity contribution < 1.29 is 14.3 Å². The fourth-order valence-electron chi connectivity index (χ4n) is 2.10. The number of hydrogen-bond acceptors (Lipinski definition) is 4. The minimum Gasteiger partial charge on any atom is -0.465 e. The molecule has 1 fully saturated rings. The van der Waals surface area contributed by atoms with Crippen LogP contribution in [0.1, 0.15) is 46.0 Å². The van der Waals surface area contributed by atoms with Crippen LogP contribution in [-0.4, -0.2) is 38.4 Å². The van der Waals surface area contributed by atoms with Crippen molar-refractivity contribution in [3.05, 3.63) is 0 Å². The van der Waals surface area contributed by atoms with Crippen molar-refractivity contribution in [3.8, 4) is 0 Å². The molecule has 0 aromatic heterocycles. The first-order chi connectivity index (χ1) is 8.76. The van der Waals surface area contributed by atoms with Gasteiger partial charge in [-0.05, 0) is 12.3 Å². The molecule has 18 heavy (non-hydrogen) atoms. The van der Waals surface area contributed by atoms with Gasteiger partial charge in [0.15, 0.2) is 0 Å². The van der Waals surface area contributed by atoms with Crippen molar-refractivity contribution >= 4 is 5.97 Å². The summed E-state index contributed by atoms with van der Waals surface area (Å²) in [6.07, 6.45) is 5.01.